The highest BCUT2D eigenvalue weighted by molar-refractivity contribution is 6.46. The monoisotopic (exact) mass is 342 g/mol. The van der Waals surface area contributed by atoms with E-state index in [-0.39, 0.29) is 22.1 Å². The van der Waals surface area contributed by atoms with E-state index in [2.05, 4.69) is 0 Å². The Morgan fingerprint density at radius 1 is 1.10 bits per heavy atom. The second kappa shape index (κ2) is 5.31. The highest BCUT2D eigenvalue weighted by atomic mass is 35.5. The molecule has 0 saturated carbocycles. The number of halogens is 6. The number of furan rings is 1. The maximum atomic E-state index is 12.7. The van der Waals surface area contributed by atoms with E-state index >= 15 is 0 Å². The van der Waals surface area contributed by atoms with Crippen LogP contribution in [-0.2, 0) is 6.18 Å². The minimum absolute atomic E-state index is 0.000525. The van der Waals surface area contributed by atoms with Gasteiger partial charge in [0.25, 0.3) is 0 Å². The molecule has 0 atom stereocenters. The van der Waals surface area contributed by atoms with Gasteiger partial charge in [0.1, 0.15) is 5.76 Å². The van der Waals surface area contributed by atoms with Crippen LogP contribution in [-0.4, -0.2) is 6.29 Å². The molecule has 1 aromatic heterocycles. The first kappa shape index (κ1) is 15.2. The second-order valence-corrected chi connectivity index (χ2v) is 4.89. The van der Waals surface area contributed by atoms with Gasteiger partial charge >= 0.3 is 6.18 Å². The molecule has 0 bridgehead atoms. The predicted molar refractivity (Wildman–Crippen MR) is 69.6 cm³/mol. The van der Waals surface area contributed by atoms with E-state index in [9.17, 15) is 18.0 Å². The number of aldehydes is 1. The molecule has 0 unspecified atom stereocenters. The van der Waals surface area contributed by atoms with E-state index in [4.69, 9.17) is 39.2 Å². The first-order chi connectivity index (χ1) is 9.25. The molecule has 0 aliphatic rings. The third-order valence-electron chi connectivity index (χ3n) is 2.45. The van der Waals surface area contributed by atoms with Crippen molar-refractivity contribution in [1.29, 1.82) is 0 Å². The van der Waals surface area contributed by atoms with Gasteiger partial charge in [-0.1, -0.05) is 34.8 Å². The summed E-state index contributed by atoms with van der Waals surface area (Å²) >= 11 is 17.3. The van der Waals surface area contributed by atoms with Crippen LogP contribution in [0.3, 0.4) is 0 Å². The summed E-state index contributed by atoms with van der Waals surface area (Å²) < 4.78 is 43.3. The van der Waals surface area contributed by atoms with Gasteiger partial charge in [-0.25, -0.2) is 0 Å². The van der Waals surface area contributed by atoms with Gasteiger partial charge in [-0.2, -0.15) is 13.2 Å². The molecular formula is C12H4Cl3F3O2. The van der Waals surface area contributed by atoms with Crippen LogP contribution in [0.2, 0.25) is 15.1 Å². The standard InChI is InChI=1S/C12H4Cl3F3O2/c13-7-3-6(12(16,17)18)10(14)11(15)9(7)8-2-1-5(4-19)20-8/h1-4H. The van der Waals surface area contributed by atoms with Crippen LogP contribution < -0.4 is 0 Å². The minimum Gasteiger partial charge on any atom is -0.453 e. The quantitative estimate of drug-likeness (QED) is 0.514. The predicted octanol–water partition coefficient (Wildman–Crippen LogP) is 5.74. The van der Waals surface area contributed by atoms with Gasteiger partial charge < -0.3 is 4.42 Å². The lowest BCUT2D eigenvalue weighted by Crippen LogP contribution is -2.06. The van der Waals surface area contributed by atoms with Gasteiger partial charge in [0.15, 0.2) is 12.0 Å². The first-order valence-corrected chi connectivity index (χ1v) is 6.19. The van der Waals surface area contributed by atoms with Crippen molar-refractivity contribution >= 4 is 41.1 Å². The SMILES string of the molecule is O=Cc1ccc(-c2c(Cl)cc(C(F)(F)F)c(Cl)c2Cl)o1. The van der Waals surface area contributed by atoms with Crippen molar-refractivity contribution in [2.24, 2.45) is 0 Å². The Bertz CT molecular complexity index is 677. The minimum atomic E-state index is -4.68. The van der Waals surface area contributed by atoms with Gasteiger partial charge in [0, 0.05) is 0 Å². The van der Waals surface area contributed by atoms with E-state index in [1.54, 1.807) is 0 Å². The molecule has 20 heavy (non-hydrogen) atoms. The second-order valence-electron chi connectivity index (χ2n) is 3.73. The fraction of sp³-hybridized carbons (Fsp3) is 0.0833. The molecular weight excluding hydrogens is 339 g/mol. The van der Waals surface area contributed by atoms with Crippen molar-refractivity contribution in [1.82, 2.24) is 0 Å². The third kappa shape index (κ3) is 2.66. The van der Waals surface area contributed by atoms with E-state index in [0.29, 0.717) is 12.4 Å². The highest BCUT2D eigenvalue weighted by Crippen LogP contribution is 2.46. The first-order valence-electron chi connectivity index (χ1n) is 5.05. The molecule has 1 heterocycles. The number of rotatable bonds is 2. The number of hydrogen-bond donors (Lipinski definition) is 0. The molecule has 0 fully saturated rings. The zero-order valence-electron chi connectivity index (χ0n) is 9.39. The fourth-order valence-electron chi connectivity index (χ4n) is 1.58. The maximum Gasteiger partial charge on any atom is 0.417 e. The Morgan fingerprint density at radius 3 is 2.25 bits per heavy atom. The molecule has 2 nitrogen and oxygen atoms in total. The van der Waals surface area contributed by atoms with Crippen molar-refractivity contribution in [3.63, 3.8) is 0 Å². The summed E-state index contributed by atoms with van der Waals surface area (Å²) in [4.78, 5) is 10.5. The Labute approximate surface area is 126 Å². The third-order valence-corrected chi connectivity index (χ3v) is 3.62. The van der Waals surface area contributed by atoms with Crippen molar-refractivity contribution < 1.29 is 22.4 Å². The van der Waals surface area contributed by atoms with Crippen LogP contribution in [0.25, 0.3) is 11.3 Å². The molecule has 0 aliphatic heterocycles. The number of carbonyl (C=O) groups is 1. The zero-order valence-corrected chi connectivity index (χ0v) is 11.7. The molecule has 0 N–H and O–H groups in total. The Balaban J connectivity index is 2.67. The zero-order chi connectivity index (χ0) is 15.1. The highest BCUT2D eigenvalue weighted by Gasteiger charge is 2.36. The molecule has 106 valence electrons. The molecule has 0 radical (unpaired) electrons. The van der Waals surface area contributed by atoms with Crippen LogP contribution in [0.15, 0.2) is 22.6 Å². The van der Waals surface area contributed by atoms with Gasteiger partial charge in [0.2, 0.25) is 0 Å². The summed E-state index contributed by atoms with van der Waals surface area (Å²) in [5.41, 5.74) is -1.14. The van der Waals surface area contributed by atoms with Gasteiger partial charge in [-0.15, -0.1) is 0 Å². The molecule has 2 rings (SSSR count). The summed E-state index contributed by atoms with van der Waals surface area (Å²) in [6.45, 7) is 0. The Kier molecular flexibility index (Phi) is 4.04. The molecule has 1 aromatic carbocycles. The number of hydrogen-bond acceptors (Lipinski definition) is 2. The van der Waals surface area contributed by atoms with Gasteiger partial charge in [-0.05, 0) is 18.2 Å². The maximum absolute atomic E-state index is 12.7. The lowest BCUT2D eigenvalue weighted by atomic mass is 10.1. The molecule has 0 spiro atoms. The fourth-order valence-corrected chi connectivity index (χ4v) is 2.48. The van der Waals surface area contributed by atoms with Crippen LogP contribution in [0.5, 0.6) is 0 Å². The summed E-state index contributed by atoms with van der Waals surface area (Å²) in [5.74, 6) is 0.0425. The molecule has 0 amide bonds. The van der Waals surface area contributed by atoms with Crippen molar-refractivity contribution in [3.8, 4) is 11.3 Å². The average Bonchev–Trinajstić information content (AvgIpc) is 2.81. The normalized spacial score (nSPS) is 11.7. The summed E-state index contributed by atoms with van der Waals surface area (Å²) in [7, 11) is 0. The molecule has 0 aliphatic carbocycles. The van der Waals surface area contributed by atoms with E-state index < -0.39 is 21.8 Å². The summed E-state index contributed by atoms with van der Waals surface area (Å²) in [6.07, 6.45) is -4.24. The Morgan fingerprint density at radius 2 is 1.75 bits per heavy atom. The molecule has 8 heteroatoms. The molecule has 2 aromatic rings. The van der Waals surface area contributed by atoms with E-state index in [1.807, 2.05) is 0 Å². The average molecular weight is 344 g/mol. The van der Waals surface area contributed by atoms with Crippen LogP contribution in [0.4, 0.5) is 13.2 Å². The van der Waals surface area contributed by atoms with Crippen LogP contribution in [0, 0.1) is 0 Å². The Hall–Kier alpha value is -1.17. The van der Waals surface area contributed by atoms with Crippen LogP contribution >= 0.6 is 34.8 Å². The number of alkyl halides is 3. The van der Waals surface area contributed by atoms with Crippen molar-refractivity contribution in [2.45, 2.75) is 6.18 Å². The van der Waals surface area contributed by atoms with E-state index in [1.165, 1.54) is 12.1 Å². The van der Waals surface area contributed by atoms with Crippen molar-refractivity contribution in [2.75, 3.05) is 0 Å². The summed E-state index contributed by atoms with van der Waals surface area (Å²) in [5, 5.41) is -1.35. The van der Waals surface area contributed by atoms with Crippen molar-refractivity contribution in [3.05, 3.63) is 44.6 Å². The smallest absolute Gasteiger partial charge is 0.417 e. The van der Waals surface area contributed by atoms with Crippen LogP contribution in [0.1, 0.15) is 16.1 Å². The lowest BCUT2D eigenvalue weighted by molar-refractivity contribution is -0.137. The van der Waals surface area contributed by atoms with Gasteiger partial charge in [0.05, 0.1) is 26.2 Å². The molecule has 0 saturated heterocycles. The van der Waals surface area contributed by atoms with Gasteiger partial charge in [-0.3, -0.25) is 4.79 Å². The lowest BCUT2D eigenvalue weighted by Gasteiger charge is -2.13. The summed E-state index contributed by atoms with van der Waals surface area (Å²) in [6, 6.07) is 3.36. The van der Waals surface area contributed by atoms with E-state index in [0.717, 1.165) is 0 Å². The number of carbonyl (C=O) groups excluding carboxylic acids is 1. The topological polar surface area (TPSA) is 30.2 Å². The largest absolute Gasteiger partial charge is 0.453 e. The number of benzene rings is 1.